The molecule has 7 heteroatoms. The topological polar surface area (TPSA) is 84.5 Å². The van der Waals surface area contributed by atoms with Crippen LogP contribution in [-0.4, -0.2) is 34.0 Å². The number of aryl methyl sites for hydroxylation is 1. The van der Waals surface area contributed by atoms with Gasteiger partial charge in [-0.25, -0.2) is 8.42 Å². The van der Waals surface area contributed by atoms with Crippen molar-refractivity contribution in [3.05, 3.63) is 59.7 Å². The van der Waals surface area contributed by atoms with E-state index in [0.29, 0.717) is 23.8 Å². The van der Waals surface area contributed by atoms with Crippen LogP contribution < -0.4 is 14.8 Å². The number of methoxy groups -OCH3 is 1. The zero-order valence-electron chi connectivity index (χ0n) is 17.4. The normalized spacial score (nSPS) is 12.6. The van der Waals surface area contributed by atoms with E-state index in [1.165, 1.54) is 19.2 Å². The molecule has 0 heterocycles. The molecule has 0 aliphatic rings. The van der Waals surface area contributed by atoms with Gasteiger partial charge >= 0.3 is 0 Å². The summed E-state index contributed by atoms with van der Waals surface area (Å²) in [6.07, 6.45) is 1.09. The standard InChI is InChI=1S/C22H30N2O4S/c1-16(2)12-13-23-22(25)20(15-18-8-6-5-7-9-18)24-29(26,27)19-10-11-21(28-4)17(3)14-19/h5-11,14,16,20,24H,12-13,15H2,1-4H3,(H,23,25)/t20-/m1/s1. The van der Waals surface area contributed by atoms with Crippen molar-refractivity contribution in [3.63, 3.8) is 0 Å². The van der Waals surface area contributed by atoms with Gasteiger partial charge in [0, 0.05) is 6.54 Å². The average molecular weight is 419 g/mol. The second-order valence-corrected chi connectivity index (χ2v) is 9.18. The second kappa shape index (κ2) is 10.4. The molecule has 0 bridgehead atoms. The van der Waals surface area contributed by atoms with Crippen LogP contribution in [0.2, 0.25) is 0 Å². The molecule has 0 aliphatic carbocycles. The van der Waals surface area contributed by atoms with Crippen molar-refractivity contribution in [1.29, 1.82) is 0 Å². The fourth-order valence-corrected chi connectivity index (χ4v) is 4.20. The van der Waals surface area contributed by atoms with Crippen LogP contribution in [0.4, 0.5) is 0 Å². The Morgan fingerprint density at radius 3 is 2.38 bits per heavy atom. The monoisotopic (exact) mass is 418 g/mol. The Hall–Kier alpha value is -2.38. The average Bonchev–Trinajstić information content (AvgIpc) is 2.67. The Labute approximate surface area is 173 Å². The molecular formula is C22H30N2O4S. The lowest BCUT2D eigenvalue weighted by Crippen LogP contribution is -2.48. The molecule has 0 unspecified atom stereocenters. The lowest BCUT2D eigenvalue weighted by molar-refractivity contribution is -0.122. The van der Waals surface area contributed by atoms with Crippen LogP contribution in [0.5, 0.6) is 5.75 Å². The fourth-order valence-electron chi connectivity index (χ4n) is 2.92. The largest absolute Gasteiger partial charge is 0.496 e. The van der Waals surface area contributed by atoms with Gasteiger partial charge in [0.2, 0.25) is 15.9 Å². The van der Waals surface area contributed by atoms with Crippen molar-refractivity contribution in [3.8, 4) is 5.75 Å². The molecule has 2 aromatic carbocycles. The summed E-state index contributed by atoms with van der Waals surface area (Å²) in [4.78, 5) is 12.8. The zero-order chi connectivity index (χ0) is 21.4. The van der Waals surface area contributed by atoms with Gasteiger partial charge in [0.05, 0.1) is 12.0 Å². The highest BCUT2D eigenvalue weighted by atomic mass is 32.2. The SMILES string of the molecule is COc1ccc(S(=O)(=O)N[C@H](Cc2ccccc2)C(=O)NCCC(C)C)cc1C. The van der Waals surface area contributed by atoms with Crippen LogP contribution in [-0.2, 0) is 21.2 Å². The maximum absolute atomic E-state index is 12.9. The number of sulfonamides is 1. The first-order valence-corrected chi connectivity index (χ1v) is 11.2. The third-order valence-corrected chi connectivity index (χ3v) is 6.06. The molecular weight excluding hydrogens is 388 g/mol. The molecule has 0 saturated heterocycles. The summed E-state index contributed by atoms with van der Waals surface area (Å²) in [6.45, 7) is 6.42. The van der Waals surface area contributed by atoms with Gasteiger partial charge in [-0.3, -0.25) is 4.79 Å². The first kappa shape index (κ1) is 22.9. The molecule has 1 atom stereocenters. The zero-order valence-corrected chi connectivity index (χ0v) is 18.3. The van der Waals surface area contributed by atoms with E-state index in [1.54, 1.807) is 13.0 Å². The van der Waals surface area contributed by atoms with E-state index in [-0.39, 0.29) is 17.2 Å². The van der Waals surface area contributed by atoms with Crippen LogP contribution in [0.3, 0.4) is 0 Å². The number of carbonyl (C=O) groups excluding carboxylic acids is 1. The Morgan fingerprint density at radius 1 is 1.10 bits per heavy atom. The summed E-state index contributed by atoms with van der Waals surface area (Å²) >= 11 is 0. The van der Waals surface area contributed by atoms with Crippen molar-refractivity contribution < 1.29 is 17.9 Å². The highest BCUT2D eigenvalue weighted by Gasteiger charge is 2.26. The van der Waals surface area contributed by atoms with Crippen molar-refractivity contribution in [2.24, 2.45) is 5.92 Å². The van der Waals surface area contributed by atoms with Crippen LogP contribution in [0.15, 0.2) is 53.4 Å². The van der Waals surface area contributed by atoms with Crippen molar-refractivity contribution in [1.82, 2.24) is 10.0 Å². The number of benzene rings is 2. The quantitative estimate of drug-likeness (QED) is 0.621. The predicted octanol–water partition coefficient (Wildman–Crippen LogP) is 3.06. The van der Waals surface area contributed by atoms with Gasteiger partial charge in [-0.1, -0.05) is 44.2 Å². The van der Waals surface area contributed by atoms with E-state index < -0.39 is 16.1 Å². The Bertz CT molecular complexity index is 912. The van der Waals surface area contributed by atoms with E-state index >= 15 is 0 Å². The van der Waals surface area contributed by atoms with E-state index in [0.717, 1.165) is 12.0 Å². The predicted molar refractivity (Wildman–Crippen MR) is 114 cm³/mol. The molecule has 0 aliphatic heterocycles. The van der Waals surface area contributed by atoms with Crippen LogP contribution in [0.1, 0.15) is 31.4 Å². The Balaban J connectivity index is 2.22. The molecule has 158 valence electrons. The maximum atomic E-state index is 12.9. The molecule has 0 fully saturated rings. The lowest BCUT2D eigenvalue weighted by atomic mass is 10.1. The lowest BCUT2D eigenvalue weighted by Gasteiger charge is -2.19. The number of hydrogen-bond donors (Lipinski definition) is 2. The third kappa shape index (κ3) is 6.87. The Kier molecular flexibility index (Phi) is 8.22. The molecule has 1 amide bonds. The summed E-state index contributed by atoms with van der Waals surface area (Å²) in [7, 11) is -2.35. The molecule has 0 saturated carbocycles. The molecule has 2 rings (SSSR count). The van der Waals surface area contributed by atoms with Crippen LogP contribution in [0.25, 0.3) is 0 Å². The molecule has 6 nitrogen and oxygen atoms in total. The van der Waals surface area contributed by atoms with Gasteiger partial charge in [-0.2, -0.15) is 4.72 Å². The summed E-state index contributed by atoms with van der Waals surface area (Å²) in [5.41, 5.74) is 1.58. The highest BCUT2D eigenvalue weighted by molar-refractivity contribution is 7.89. The van der Waals surface area contributed by atoms with E-state index in [2.05, 4.69) is 23.9 Å². The smallest absolute Gasteiger partial charge is 0.241 e. The van der Waals surface area contributed by atoms with Gasteiger partial charge in [0.25, 0.3) is 0 Å². The van der Waals surface area contributed by atoms with Gasteiger partial charge < -0.3 is 10.1 Å². The summed E-state index contributed by atoms with van der Waals surface area (Å²) in [5.74, 6) is 0.723. The first-order valence-electron chi connectivity index (χ1n) is 9.71. The van der Waals surface area contributed by atoms with Crippen molar-refractivity contribution in [2.75, 3.05) is 13.7 Å². The number of amides is 1. The van der Waals surface area contributed by atoms with E-state index in [9.17, 15) is 13.2 Å². The van der Waals surface area contributed by atoms with Crippen LogP contribution >= 0.6 is 0 Å². The van der Waals surface area contributed by atoms with E-state index in [4.69, 9.17) is 4.74 Å². The molecule has 0 spiro atoms. The highest BCUT2D eigenvalue weighted by Crippen LogP contribution is 2.21. The molecule has 2 N–H and O–H groups in total. The fraction of sp³-hybridized carbons (Fsp3) is 0.409. The minimum Gasteiger partial charge on any atom is -0.496 e. The maximum Gasteiger partial charge on any atom is 0.241 e. The van der Waals surface area contributed by atoms with Crippen LogP contribution in [0, 0.1) is 12.8 Å². The van der Waals surface area contributed by atoms with Gasteiger partial charge in [0.1, 0.15) is 11.8 Å². The molecule has 0 radical (unpaired) electrons. The number of rotatable bonds is 10. The number of nitrogens with one attached hydrogen (secondary N) is 2. The number of carbonyl (C=O) groups is 1. The third-order valence-electron chi connectivity index (χ3n) is 4.59. The molecule has 29 heavy (non-hydrogen) atoms. The van der Waals surface area contributed by atoms with Gasteiger partial charge in [0.15, 0.2) is 0 Å². The van der Waals surface area contributed by atoms with Crippen molar-refractivity contribution >= 4 is 15.9 Å². The minimum atomic E-state index is -3.88. The minimum absolute atomic E-state index is 0.101. The molecule has 0 aromatic heterocycles. The van der Waals surface area contributed by atoms with Crippen molar-refractivity contribution in [2.45, 2.75) is 44.6 Å². The second-order valence-electron chi connectivity index (χ2n) is 7.47. The number of hydrogen-bond acceptors (Lipinski definition) is 4. The number of ether oxygens (including phenoxy) is 1. The van der Waals surface area contributed by atoms with Gasteiger partial charge in [-0.05, 0) is 55.0 Å². The first-order chi connectivity index (χ1) is 13.7. The summed E-state index contributed by atoms with van der Waals surface area (Å²) < 4.78 is 33.7. The van der Waals surface area contributed by atoms with E-state index in [1.807, 2.05) is 30.3 Å². The summed E-state index contributed by atoms with van der Waals surface area (Å²) in [6, 6.07) is 13.1. The van der Waals surface area contributed by atoms with Gasteiger partial charge in [-0.15, -0.1) is 0 Å². The summed E-state index contributed by atoms with van der Waals surface area (Å²) in [5, 5.41) is 2.85. The molecule has 2 aromatic rings. The Morgan fingerprint density at radius 2 is 1.79 bits per heavy atom.